The number of ether oxygens (including phenoxy) is 1. The van der Waals surface area contributed by atoms with Crippen LogP contribution in [0.2, 0.25) is 0 Å². The Balaban J connectivity index is 1.82. The Morgan fingerprint density at radius 1 is 1.30 bits per heavy atom. The molecule has 0 aliphatic carbocycles. The van der Waals surface area contributed by atoms with Gasteiger partial charge in [-0.15, -0.1) is 0 Å². The fourth-order valence-corrected chi connectivity index (χ4v) is 2.87. The van der Waals surface area contributed by atoms with Crippen LogP contribution in [0.5, 0.6) is 0 Å². The molecule has 6 heteroatoms. The van der Waals surface area contributed by atoms with Gasteiger partial charge in [0.1, 0.15) is 0 Å². The fraction of sp³-hybridized carbons (Fsp3) is 0.235. The number of non-ortho nitro benzene ring substituents is 1. The van der Waals surface area contributed by atoms with Crippen molar-refractivity contribution in [2.75, 3.05) is 18.6 Å². The van der Waals surface area contributed by atoms with Gasteiger partial charge in [-0.3, -0.25) is 10.1 Å². The van der Waals surface area contributed by atoms with E-state index in [1.807, 2.05) is 18.2 Å². The minimum atomic E-state index is -0.385. The van der Waals surface area contributed by atoms with Gasteiger partial charge in [-0.2, -0.15) is 0 Å². The molecule has 3 rings (SSSR count). The maximum Gasteiger partial charge on any atom is 0.337 e. The number of carbonyl (C=O) groups excluding carboxylic acids is 1. The summed E-state index contributed by atoms with van der Waals surface area (Å²) in [5.74, 6) is -0.343. The van der Waals surface area contributed by atoms with Crippen molar-refractivity contribution < 1.29 is 14.5 Å². The van der Waals surface area contributed by atoms with Crippen LogP contribution in [-0.4, -0.2) is 24.5 Å². The molecular weight excluding hydrogens is 296 g/mol. The van der Waals surface area contributed by atoms with E-state index in [2.05, 4.69) is 4.90 Å². The monoisotopic (exact) mass is 312 g/mol. The number of nitro benzene ring substituents is 1. The van der Waals surface area contributed by atoms with Crippen molar-refractivity contribution in [2.24, 2.45) is 0 Å². The van der Waals surface area contributed by atoms with E-state index >= 15 is 0 Å². The van der Waals surface area contributed by atoms with Gasteiger partial charge < -0.3 is 9.64 Å². The van der Waals surface area contributed by atoms with E-state index in [-0.39, 0.29) is 16.6 Å². The molecule has 0 unspecified atom stereocenters. The van der Waals surface area contributed by atoms with Gasteiger partial charge in [0.25, 0.3) is 5.69 Å². The van der Waals surface area contributed by atoms with Crippen LogP contribution >= 0.6 is 0 Å². The maximum atomic E-state index is 11.6. The molecular formula is C17H16N2O4. The van der Waals surface area contributed by atoms with Crippen LogP contribution in [0.25, 0.3) is 0 Å². The molecule has 0 atom stereocenters. The molecule has 0 N–H and O–H groups in total. The molecule has 0 saturated heterocycles. The number of nitro groups is 1. The average Bonchev–Trinajstić information content (AvgIpc) is 2.96. The third-order valence-corrected chi connectivity index (χ3v) is 3.99. The quantitative estimate of drug-likeness (QED) is 0.493. The first-order valence-corrected chi connectivity index (χ1v) is 7.28. The van der Waals surface area contributed by atoms with Gasteiger partial charge in [-0.1, -0.05) is 12.1 Å². The van der Waals surface area contributed by atoms with Gasteiger partial charge in [0.2, 0.25) is 0 Å². The number of rotatable bonds is 4. The molecule has 0 amide bonds. The molecule has 2 aromatic carbocycles. The van der Waals surface area contributed by atoms with Crippen LogP contribution in [0.4, 0.5) is 11.4 Å². The molecule has 6 nitrogen and oxygen atoms in total. The Morgan fingerprint density at radius 3 is 2.87 bits per heavy atom. The van der Waals surface area contributed by atoms with Gasteiger partial charge in [0.05, 0.1) is 17.6 Å². The number of methoxy groups -OCH3 is 1. The summed E-state index contributed by atoms with van der Waals surface area (Å²) >= 11 is 0. The van der Waals surface area contributed by atoms with Crippen LogP contribution in [0, 0.1) is 10.1 Å². The standard InChI is InChI=1S/C17H16N2O4/c1-23-17(20)14-5-6-16-13(10-14)7-8-18(16)11-12-3-2-4-15(9-12)19(21)22/h2-6,9-10H,7-8,11H2,1H3. The number of hydrogen-bond acceptors (Lipinski definition) is 5. The third kappa shape index (κ3) is 3.01. The number of esters is 1. The molecule has 2 aromatic rings. The second kappa shape index (κ2) is 6.08. The van der Waals surface area contributed by atoms with E-state index in [9.17, 15) is 14.9 Å². The van der Waals surface area contributed by atoms with Gasteiger partial charge in [-0.25, -0.2) is 4.79 Å². The van der Waals surface area contributed by atoms with Crippen LogP contribution in [0.1, 0.15) is 21.5 Å². The Hall–Kier alpha value is -2.89. The lowest BCUT2D eigenvalue weighted by atomic mass is 10.1. The highest BCUT2D eigenvalue weighted by Gasteiger charge is 2.21. The highest BCUT2D eigenvalue weighted by molar-refractivity contribution is 5.90. The Labute approximate surface area is 133 Å². The topological polar surface area (TPSA) is 72.7 Å². The minimum absolute atomic E-state index is 0.1000. The molecule has 1 aliphatic heterocycles. The second-order valence-corrected chi connectivity index (χ2v) is 5.43. The number of anilines is 1. The Bertz CT molecular complexity index is 773. The van der Waals surface area contributed by atoms with Crippen molar-refractivity contribution in [3.63, 3.8) is 0 Å². The van der Waals surface area contributed by atoms with Gasteiger partial charge >= 0.3 is 5.97 Å². The molecule has 23 heavy (non-hydrogen) atoms. The summed E-state index contributed by atoms with van der Waals surface area (Å²) in [5, 5.41) is 10.9. The van der Waals surface area contributed by atoms with Crippen molar-refractivity contribution >= 4 is 17.3 Å². The number of hydrogen-bond donors (Lipinski definition) is 0. The predicted molar refractivity (Wildman–Crippen MR) is 85.6 cm³/mol. The first kappa shape index (κ1) is 15.0. The smallest absolute Gasteiger partial charge is 0.337 e. The molecule has 1 heterocycles. The van der Waals surface area contributed by atoms with Crippen LogP contribution in [-0.2, 0) is 17.7 Å². The van der Waals surface area contributed by atoms with Crippen molar-refractivity contribution in [1.82, 2.24) is 0 Å². The summed E-state index contributed by atoms with van der Waals surface area (Å²) < 4.78 is 4.74. The summed E-state index contributed by atoms with van der Waals surface area (Å²) in [6, 6.07) is 12.2. The van der Waals surface area contributed by atoms with E-state index in [4.69, 9.17) is 4.74 Å². The van der Waals surface area contributed by atoms with Crippen LogP contribution in [0.15, 0.2) is 42.5 Å². The molecule has 1 aliphatic rings. The normalized spacial score (nSPS) is 12.8. The summed E-state index contributed by atoms with van der Waals surface area (Å²) in [7, 11) is 1.37. The summed E-state index contributed by atoms with van der Waals surface area (Å²) in [5.41, 5.74) is 3.69. The van der Waals surface area contributed by atoms with Gasteiger partial charge in [0.15, 0.2) is 0 Å². The molecule has 0 aromatic heterocycles. The molecule has 0 saturated carbocycles. The van der Waals surface area contributed by atoms with Gasteiger partial charge in [-0.05, 0) is 35.7 Å². The minimum Gasteiger partial charge on any atom is -0.465 e. The van der Waals surface area contributed by atoms with Gasteiger partial charge in [0, 0.05) is 30.9 Å². The highest BCUT2D eigenvalue weighted by atomic mass is 16.6. The van der Waals surface area contributed by atoms with E-state index < -0.39 is 0 Å². The highest BCUT2D eigenvalue weighted by Crippen LogP contribution is 2.30. The first-order chi connectivity index (χ1) is 11.1. The molecule has 0 fully saturated rings. The molecule has 118 valence electrons. The maximum absolute atomic E-state index is 11.6. The lowest BCUT2D eigenvalue weighted by Crippen LogP contribution is -2.19. The van der Waals surface area contributed by atoms with E-state index in [0.29, 0.717) is 12.1 Å². The van der Waals surface area contributed by atoms with Crippen LogP contribution in [0.3, 0.4) is 0 Å². The Morgan fingerprint density at radius 2 is 2.13 bits per heavy atom. The SMILES string of the molecule is COC(=O)c1ccc2c(c1)CCN2Cc1cccc([N+](=O)[O-])c1. The largest absolute Gasteiger partial charge is 0.465 e. The van der Waals surface area contributed by atoms with Crippen molar-refractivity contribution in [3.05, 3.63) is 69.3 Å². The summed E-state index contributed by atoms with van der Waals surface area (Å²) in [4.78, 5) is 24.2. The fourth-order valence-electron chi connectivity index (χ4n) is 2.87. The number of nitrogens with zero attached hydrogens (tertiary/aromatic N) is 2. The van der Waals surface area contributed by atoms with Crippen molar-refractivity contribution in [3.8, 4) is 0 Å². The lowest BCUT2D eigenvalue weighted by molar-refractivity contribution is -0.384. The zero-order valence-corrected chi connectivity index (χ0v) is 12.7. The molecule has 0 bridgehead atoms. The van der Waals surface area contributed by atoms with Crippen molar-refractivity contribution in [1.29, 1.82) is 0 Å². The molecule has 0 radical (unpaired) electrons. The van der Waals surface area contributed by atoms with E-state index in [0.717, 1.165) is 29.8 Å². The average molecular weight is 312 g/mol. The summed E-state index contributed by atoms with van der Waals surface area (Å²) in [6.45, 7) is 1.43. The molecule has 0 spiro atoms. The number of carbonyl (C=O) groups is 1. The Kier molecular flexibility index (Phi) is 3.97. The zero-order valence-electron chi connectivity index (χ0n) is 12.7. The second-order valence-electron chi connectivity index (χ2n) is 5.43. The van der Waals surface area contributed by atoms with Crippen molar-refractivity contribution in [2.45, 2.75) is 13.0 Å². The predicted octanol–water partition coefficient (Wildman–Crippen LogP) is 2.94. The number of benzene rings is 2. The van der Waals surface area contributed by atoms with E-state index in [1.54, 1.807) is 18.2 Å². The first-order valence-electron chi connectivity index (χ1n) is 7.28. The summed E-state index contributed by atoms with van der Waals surface area (Å²) in [6.07, 6.45) is 0.842. The zero-order chi connectivity index (χ0) is 16.4. The van der Waals surface area contributed by atoms with E-state index in [1.165, 1.54) is 13.2 Å². The lowest BCUT2D eigenvalue weighted by Gasteiger charge is -2.19. The third-order valence-electron chi connectivity index (χ3n) is 3.99. The van der Waals surface area contributed by atoms with Crippen LogP contribution < -0.4 is 4.90 Å². The number of fused-ring (bicyclic) bond motifs is 1.